The lowest BCUT2D eigenvalue weighted by molar-refractivity contribution is -0.132. The maximum atomic E-state index is 13.1. The zero-order valence-corrected chi connectivity index (χ0v) is 11.8. The van der Waals surface area contributed by atoms with Crippen molar-refractivity contribution in [1.82, 2.24) is 15.1 Å². The van der Waals surface area contributed by atoms with Crippen molar-refractivity contribution in [2.75, 3.05) is 39.3 Å². The van der Waals surface area contributed by atoms with Crippen LogP contribution in [0.4, 0.5) is 8.78 Å². The molecule has 0 unspecified atom stereocenters. The fourth-order valence-electron chi connectivity index (χ4n) is 2.80. The lowest BCUT2D eigenvalue weighted by Gasteiger charge is -2.43. The van der Waals surface area contributed by atoms with Crippen molar-refractivity contribution in [2.24, 2.45) is 0 Å². The van der Waals surface area contributed by atoms with Crippen molar-refractivity contribution in [1.29, 1.82) is 0 Å². The average molecular weight is 295 g/mol. The smallest absolute Gasteiger partial charge is 0.227 e. The molecule has 0 aliphatic carbocycles. The fraction of sp³-hybridized carbons (Fsp3) is 0.533. The van der Waals surface area contributed by atoms with Gasteiger partial charge >= 0.3 is 0 Å². The van der Waals surface area contributed by atoms with Crippen LogP contribution in [0.2, 0.25) is 0 Å². The summed E-state index contributed by atoms with van der Waals surface area (Å²) in [7, 11) is 0. The van der Waals surface area contributed by atoms with Crippen LogP contribution in [-0.2, 0) is 11.2 Å². The van der Waals surface area contributed by atoms with Gasteiger partial charge in [-0.15, -0.1) is 0 Å². The summed E-state index contributed by atoms with van der Waals surface area (Å²) >= 11 is 0. The Balaban J connectivity index is 1.52. The zero-order valence-electron chi connectivity index (χ0n) is 11.8. The van der Waals surface area contributed by atoms with E-state index in [0.29, 0.717) is 24.7 Å². The van der Waals surface area contributed by atoms with Gasteiger partial charge in [-0.2, -0.15) is 0 Å². The van der Waals surface area contributed by atoms with Gasteiger partial charge in [0.2, 0.25) is 5.91 Å². The first kappa shape index (κ1) is 14.4. The number of benzene rings is 1. The second-order valence-electron chi connectivity index (χ2n) is 5.65. The van der Waals surface area contributed by atoms with Gasteiger partial charge in [0.25, 0.3) is 0 Å². The van der Waals surface area contributed by atoms with Crippen LogP contribution >= 0.6 is 0 Å². The molecule has 1 amide bonds. The van der Waals surface area contributed by atoms with Crippen LogP contribution in [-0.4, -0.2) is 61.0 Å². The zero-order chi connectivity index (χ0) is 14.8. The Kier molecular flexibility index (Phi) is 4.17. The van der Waals surface area contributed by atoms with Crippen LogP contribution in [0.1, 0.15) is 5.56 Å². The number of nitrogens with zero attached hydrogens (tertiary/aromatic N) is 2. The molecule has 4 nitrogen and oxygen atoms in total. The number of carbonyl (C=O) groups is 1. The largest absolute Gasteiger partial charge is 0.340 e. The molecule has 2 heterocycles. The maximum Gasteiger partial charge on any atom is 0.227 e. The highest BCUT2D eigenvalue weighted by Crippen LogP contribution is 2.13. The average Bonchev–Trinajstić information content (AvgIpc) is 2.42. The topological polar surface area (TPSA) is 35.6 Å². The molecule has 1 aromatic rings. The van der Waals surface area contributed by atoms with Crippen LogP contribution in [0, 0.1) is 11.6 Å². The highest BCUT2D eigenvalue weighted by molar-refractivity contribution is 5.78. The minimum atomic E-state index is -0.900. The van der Waals surface area contributed by atoms with Gasteiger partial charge < -0.3 is 10.2 Å². The molecule has 2 aliphatic heterocycles. The number of rotatable bonds is 3. The third-order valence-electron chi connectivity index (χ3n) is 4.28. The standard InChI is InChI=1S/C15H19F2N3O/c16-13-2-1-11(7-14(13)17)8-15(21)20-5-3-19(4-6-20)12-9-18-10-12/h1-2,7,12,18H,3-6,8-10H2. The minimum absolute atomic E-state index is 0.0209. The second kappa shape index (κ2) is 6.07. The molecule has 2 saturated heterocycles. The molecule has 0 atom stereocenters. The normalized spacial score (nSPS) is 20.4. The van der Waals surface area contributed by atoms with Crippen LogP contribution in [0.5, 0.6) is 0 Å². The lowest BCUT2D eigenvalue weighted by atomic mass is 10.1. The quantitative estimate of drug-likeness (QED) is 0.888. The first-order valence-corrected chi connectivity index (χ1v) is 7.30. The molecule has 0 aromatic heterocycles. The van der Waals surface area contributed by atoms with Crippen molar-refractivity contribution in [3.8, 4) is 0 Å². The molecule has 2 fully saturated rings. The second-order valence-corrected chi connectivity index (χ2v) is 5.65. The maximum absolute atomic E-state index is 13.1. The first-order valence-electron chi connectivity index (χ1n) is 7.30. The third kappa shape index (κ3) is 3.22. The van der Waals surface area contributed by atoms with Crippen LogP contribution in [0.15, 0.2) is 18.2 Å². The number of halogens is 2. The molecule has 3 rings (SSSR count). The summed E-state index contributed by atoms with van der Waals surface area (Å²) in [6, 6.07) is 4.24. The van der Waals surface area contributed by atoms with E-state index in [2.05, 4.69) is 10.2 Å². The summed E-state index contributed by atoms with van der Waals surface area (Å²) in [5.74, 6) is -1.80. The van der Waals surface area contributed by atoms with E-state index >= 15 is 0 Å². The van der Waals surface area contributed by atoms with Gasteiger partial charge in [0.05, 0.1) is 6.42 Å². The number of nitrogens with one attached hydrogen (secondary N) is 1. The summed E-state index contributed by atoms with van der Waals surface area (Å²) in [5.41, 5.74) is 0.518. The molecular formula is C15H19F2N3O. The number of hydrogen-bond acceptors (Lipinski definition) is 3. The van der Waals surface area contributed by atoms with E-state index in [1.165, 1.54) is 6.07 Å². The predicted octanol–water partition coefficient (Wildman–Crippen LogP) is 0.623. The van der Waals surface area contributed by atoms with Gasteiger partial charge in [-0.1, -0.05) is 6.07 Å². The Bertz CT molecular complexity index is 526. The molecule has 0 saturated carbocycles. The van der Waals surface area contributed by atoms with E-state index in [0.717, 1.165) is 38.3 Å². The van der Waals surface area contributed by atoms with E-state index in [1.54, 1.807) is 0 Å². The minimum Gasteiger partial charge on any atom is -0.340 e. The van der Waals surface area contributed by atoms with E-state index in [-0.39, 0.29) is 12.3 Å². The van der Waals surface area contributed by atoms with Gasteiger partial charge in [-0.3, -0.25) is 9.69 Å². The number of carbonyl (C=O) groups excluding carboxylic acids is 1. The number of amides is 1. The van der Waals surface area contributed by atoms with E-state index in [9.17, 15) is 13.6 Å². The van der Waals surface area contributed by atoms with Crippen LogP contribution in [0.3, 0.4) is 0 Å². The first-order chi connectivity index (χ1) is 10.1. The van der Waals surface area contributed by atoms with E-state index in [1.807, 2.05) is 4.90 Å². The van der Waals surface area contributed by atoms with Gasteiger partial charge in [-0.05, 0) is 17.7 Å². The Hall–Kier alpha value is -1.53. The van der Waals surface area contributed by atoms with Crippen molar-refractivity contribution >= 4 is 5.91 Å². The number of hydrogen-bond donors (Lipinski definition) is 1. The Morgan fingerprint density at radius 2 is 1.86 bits per heavy atom. The fourth-order valence-corrected chi connectivity index (χ4v) is 2.80. The Morgan fingerprint density at radius 1 is 1.14 bits per heavy atom. The summed E-state index contributed by atoms with van der Waals surface area (Å²) in [5, 5.41) is 3.25. The Labute approximate surface area is 122 Å². The summed E-state index contributed by atoms with van der Waals surface area (Å²) in [6.45, 7) is 5.25. The van der Waals surface area contributed by atoms with E-state index in [4.69, 9.17) is 0 Å². The van der Waals surface area contributed by atoms with Crippen molar-refractivity contribution in [3.63, 3.8) is 0 Å². The van der Waals surface area contributed by atoms with Gasteiger partial charge in [0.15, 0.2) is 11.6 Å². The molecule has 2 aliphatic rings. The monoisotopic (exact) mass is 295 g/mol. The Morgan fingerprint density at radius 3 is 2.43 bits per heavy atom. The third-order valence-corrected chi connectivity index (χ3v) is 4.28. The molecule has 6 heteroatoms. The highest BCUT2D eigenvalue weighted by atomic mass is 19.2. The molecule has 0 radical (unpaired) electrons. The van der Waals surface area contributed by atoms with Gasteiger partial charge in [-0.25, -0.2) is 8.78 Å². The van der Waals surface area contributed by atoms with Crippen molar-refractivity contribution in [2.45, 2.75) is 12.5 Å². The lowest BCUT2D eigenvalue weighted by Crippen LogP contribution is -2.62. The van der Waals surface area contributed by atoms with Crippen molar-refractivity contribution < 1.29 is 13.6 Å². The summed E-state index contributed by atoms with van der Waals surface area (Å²) in [4.78, 5) is 16.4. The predicted molar refractivity (Wildman–Crippen MR) is 74.9 cm³/mol. The molecule has 0 spiro atoms. The van der Waals surface area contributed by atoms with Crippen LogP contribution < -0.4 is 5.32 Å². The SMILES string of the molecule is O=C(Cc1ccc(F)c(F)c1)N1CCN(C2CNC2)CC1. The molecule has 21 heavy (non-hydrogen) atoms. The molecule has 114 valence electrons. The molecule has 1 aromatic carbocycles. The summed E-state index contributed by atoms with van der Waals surface area (Å²) < 4.78 is 26.0. The highest BCUT2D eigenvalue weighted by Gasteiger charge is 2.29. The van der Waals surface area contributed by atoms with E-state index < -0.39 is 11.6 Å². The summed E-state index contributed by atoms with van der Waals surface area (Å²) in [6.07, 6.45) is 0.127. The van der Waals surface area contributed by atoms with Crippen molar-refractivity contribution in [3.05, 3.63) is 35.4 Å². The van der Waals surface area contributed by atoms with Gasteiger partial charge in [0, 0.05) is 45.3 Å². The van der Waals surface area contributed by atoms with Crippen LogP contribution in [0.25, 0.3) is 0 Å². The molecule has 1 N–H and O–H groups in total. The number of piperazine rings is 1. The van der Waals surface area contributed by atoms with Gasteiger partial charge in [0.1, 0.15) is 0 Å². The molecule has 0 bridgehead atoms. The molecular weight excluding hydrogens is 276 g/mol.